The van der Waals surface area contributed by atoms with Gasteiger partial charge in [-0.25, -0.2) is 4.39 Å². The number of aliphatic hydroxyl groups excluding tert-OH is 1. The fraction of sp³-hybridized carbons (Fsp3) is 0.250. The highest BCUT2D eigenvalue weighted by Crippen LogP contribution is 2.30. The maximum Gasteiger partial charge on any atom is 0.137 e. The molecule has 1 atom stereocenters. The van der Waals surface area contributed by atoms with Crippen LogP contribution in [0.1, 0.15) is 42.6 Å². The number of rotatable bonds is 3. The minimum atomic E-state index is -0.828. The van der Waals surface area contributed by atoms with Crippen LogP contribution >= 0.6 is 15.9 Å². The van der Waals surface area contributed by atoms with Crippen LogP contribution in [0.3, 0.4) is 0 Å². The van der Waals surface area contributed by atoms with Crippen molar-refractivity contribution in [1.82, 2.24) is 0 Å². The van der Waals surface area contributed by atoms with Gasteiger partial charge in [0.15, 0.2) is 0 Å². The quantitative estimate of drug-likeness (QED) is 0.861. The third kappa shape index (κ3) is 3.04. The Kier molecular flexibility index (Phi) is 4.38. The normalized spacial score (nSPS) is 12.7. The molecule has 1 nitrogen and oxygen atoms in total. The highest BCUT2D eigenvalue weighted by Gasteiger charge is 2.16. The predicted molar refractivity (Wildman–Crippen MR) is 78.7 cm³/mol. The third-order valence-electron chi connectivity index (χ3n) is 3.19. The predicted octanol–water partition coefficient (Wildman–Crippen LogP) is 4.79. The molecule has 2 aromatic carbocycles. The van der Waals surface area contributed by atoms with Gasteiger partial charge in [-0.3, -0.25) is 0 Å². The van der Waals surface area contributed by atoms with E-state index >= 15 is 0 Å². The van der Waals surface area contributed by atoms with Crippen LogP contribution in [0.15, 0.2) is 46.9 Å². The zero-order valence-electron chi connectivity index (χ0n) is 10.9. The lowest BCUT2D eigenvalue weighted by atomic mass is 9.97. The van der Waals surface area contributed by atoms with E-state index in [1.165, 1.54) is 11.6 Å². The van der Waals surface area contributed by atoms with Crippen molar-refractivity contribution >= 4 is 15.9 Å². The molecule has 3 heteroatoms. The summed E-state index contributed by atoms with van der Waals surface area (Å²) in [4.78, 5) is 0. The van der Waals surface area contributed by atoms with Gasteiger partial charge in [-0.1, -0.05) is 50.2 Å². The van der Waals surface area contributed by atoms with Crippen molar-refractivity contribution in [2.45, 2.75) is 25.9 Å². The summed E-state index contributed by atoms with van der Waals surface area (Å²) >= 11 is 3.18. The topological polar surface area (TPSA) is 20.2 Å². The molecule has 0 aromatic heterocycles. The molecule has 1 N–H and O–H groups in total. The number of halogens is 2. The van der Waals surface area contributed by atoms with Crippen molar-refractivity contribution in [2.75, 3.05) is 0 Å². The maximum atomic E-state index is 13.5. The highest BCUT2D eigenvalue weighted by molar-refractivity contribution is 9.10. The van der Waals surface area contributed by atoms with E-state index in [9.17, 15) is 9.50 Å². The first-order chi connectivity index (χ1) is 9.00. The monoisotopic (exact) mass is 322 g/mol. The van der Waals surface area contributed by atoms with Gasteiger partial charge in [0.05, 0.1) is 4.47 Å². The van der Waals surface area contributed by atoms with Gasteiger partial charge in [-0.05, 0) is 39.0 Å². The van der Waals surface area contributed by atoms with E-state index in [0.717, 1.165) is 5.56 Å². The standard InChI is InChI=1S/C16H16BrFO/c1-10(2)11-6-8-12(9-7-11)16(19)13-4-3-5-14(18)15(13)17/h3-10,16,19H,1-2H3. The molecule has 0 radical (unpaired) electrons. The highest BCUT2D eigenvalue weighted by atomic mass is 79.9. The van der Waals surface area contributed by atoms with E-state index in [1.807, 2.05) is 24.3 Å². The fourth-order valence-corrected chi connectivity index (χ4v) is 2.46. The van der Waals surface area contributed by atoms with Gasteiger partial charge in [-0.2, -0.15) is 0 Å². The molecule has 2 aromatic rings. The van der Waals surface area contributed by atoms with Gasteiger partial charge in [0.1, 0.15) is 11.9 Å². The van der Waals surface area contributed by atoms with Crippen LogP contribution < -0.4 is 0 Å². The van der Waals surface area contributed by atoms with E-state index < -0.39 is 6.10 Å². The molecule has 0 heterocycles. The third-order valence-corrected chi connectivity index (χ3v) is 4.03. The summed E-state index contributed by atoms with van der Waals surface area (Å²) in [6.07, 6.45) is -0.828. The average molecular weight is 323 g/mol. The molecule has 0 aliphatic carbocycles. The molecule has 0 spiro atoms. The smallest absolute Gasteiger partial charge is 0.137 e. The van der Waals surface area contributed by atoms with Gasteiger partial charge in [-0.15, -0.1) is 0 Å². The van der Waals surface area contributed by atoms with Crippen molar-refractivity contribution in [3.05, 3.63) is 69.4 Å². The van der Waals surface area contributed by atoms with Crippen LogP contribution in [-0.4, -0.2) is 5.11 Å². The first kappa shape index (κ1) is 14.2. The van der Waals surface area contributed by atoms with Crippen molar-refractivity contribution in [3.63, 3.8) is 0 Å². The zero-order valence-corrected chi connectivity index (χ0v) is 12.5. The molecule has 0 saturated heterocycles. The lowest BCUT2D eigenvalue weighted by Crippen LogP contribution is -2.02. The SMILES string of the molecule is CC(C)c1ccc(C(O)c2cccc(F)c2Br)cc1. The summed E-state index contributed by atoms with van der Waals surface area (Å²) in [7, 11) is 0. The summed E-state index contributed by atoms with van der Waals surface area (Å²) in [5.74, 6) is 0.0856. The molecular weight excluding hydrogens is 307 g/mol. The number of aliphatic hydroxyl groups is 1. The van der Waals surface area contributed by atoms with Gasteiger partial charge in [0.25, 0.3) is 0 Å². The summed E-state index contributed by atoms with van der Waals surface area (Å²) < 4.78 is 13.8. The molecule has 0 fully saturated rings. The van der Waals surface area contributed by atoms with Crippen LogP contribution in [-0.2, 0) is 0 Å². The second-order valence-corrected chi connectivity index (χ2v) is 5.66. The van der Waals surface area contributed by atoms with E-state index in [2.05, 4.69) is 29.8 Å². The van der Waals surface area contributed by atoms with Crippen molar-refractivity contribution in [1.29, 1.82) is 0 Å². The van der Waals surface area contributed by atoms with Crippen LogP contribution in [0, 0.1) is 5.82 Å². The Bertz CT molecular complexity index is 563. The van der Waals surface area contributed by atoms with Crippen LogP contribution in [0.2, 0.25) is 0 Å². The average Bonchev–Trinajstić information content (AvgIpc) is 2.41. The molecule has 0 amide bonds. The zero-order chi connectivity index (χ0) is 14.0. The Balaban J connectivity index is 2.33. The van der Waals surface area contributed by atoms with Crippen molar-refractivity contribution < 1.29 is 9.50 Å². The number of benzene rings is 2. The molecule has 0 aliphatic heterocycles. The Morgan fingerprint density at radius 1 is 1.00 bits per heavy atom. The molecule has 0 aliphatic rings. The van der Waals surface area contributed by atoms with Gasteiger partial charge in [0.2, 0.25) is 0 Å². The molecule has 19 heavy (non-hydrogen) atoms. The van der Waals surface area contributed by atoms with Gasteiger partial charge in [0, 0.05) is 5.56 Å². The van der Waals surface area contributed by atoms with Gasteiger partial charge >= 0.3 is 0 Å². The van der Waals surface area contributed by atoms with Gasteiger partial charge < -0.3 is 5.11 Å². The second-order valence-electron chi connectivity index (χ2n) is 4.87. The lowest BCUT2D eigenvalue weighted by molar-refractivity contribution is 0.219. The first-order valence-electron chi connectivity index (χ1n) is 6.22. The van der Waals surface area contributed by atoms with E-state index in [4.69, 9.17) is 0 Å². The number of hydrogen-bond donors (Lipinski definition) is 1. The largest absolute Gasteiger partial charge is 0.384 e. The van der Waals surface area contributed by atoms with E-state index in [1.54, 1.807) is 12.1 Å². The summed E-state index contributed by atoms with van der Waals surface area (Å²) in [5.41, 5.74) is 2.52. The minimum Gasteiger partial charge on any atom is -0.384 e. The Morgan fingerprint density at radius 2 is 1.58 bits per heavy atom. The number of hydrogen-bond acceptors (Lipinski definition) is 1. The molecular formula is C16H16BrFO. The summed E-state index contributed by atoms with van der Waals surface area (Å²) in [6.45, 7) is 4.24. The fourth-order valence-electron chi connectivity index (χ4n) is 1.97. The molecule has 0 saturated carbocycles. The van der Waals surface area contributed by atoms with E-state index in [-0.39, 0.29) is 5.82 Å². The van der Waals surface area contributed by atoms with Crippen molar-refractivity contribution in [2.24, 2.45) is 0 Å². The van der Waals surface area contributed by atoms with Crippen LogP contribution in [0.5, 0.6) is 0 Å². The summed E-state index contributed by atoms with van der Waals surface area (Å²) in [6, 6.07) is 12.4. The molecule has 1 unspecified atom stereocenters. The molecule has 0 bridgehead atoms. The molecule has 2 rings (SSSR count). The Hall–Kier alpha value is -1.19. The lowest BCUT2D eigenvalue weighted by Gasteiger charge is -2.15. The first-order valence-corrected chi connectivity index (χ1v) is 7.02. The van der Waals surface area contributed by atoms with Crippen LogP contribution in [0.25, 0.3) is 0 Å². The summed E-state index contributed by atoms with van der Waals surface area (Å²) in [5, 5.41) is 10.3. The second kappa shape index (κ2) is 5.85. The Labute approximate surface area is 121 Å². The molecule has 100 valence electrons. The van der Waals surface area contributed by atoms with Crippen molar-refractivity contribution in [3.8, 4) is 0 Å². The van der Waals surface area contributed by atoms with E-state index in [0.29, 0.717) is 16.0 Å². The Morgan fingerprint density at radius 3 is 2.16 bits per heavy atom. The maximum absolute atomic E-state index is 13.5. The van der Waals surface area contributed by atoms with Crippen LogP contribution in [0.4, 0.5) is 4.39 Å². The minimum absolute atomic E-state index is 0.315.